The Morgan fingerprint density at radius 3 is 2.80 bits per heavy atom. The standard InChI is InChI=1S/C8H17NO/c1-3-5-8(10)7-9-6-4-2/h3,5,8-10H,4,6-7H2,1-2H3/t8-/m1/s1. The number of allylic oxidation sites excluding steroid dienone is 1. The first-order valence-corrected chi connectivity index (χ1v) is 3.82. The van der Waals surface area contributed by atoms with Gasteiger partial charge in [0.25, 0.3) is 0 Å². The summed E-state index contributed by atoms with van der Waals surface area (Å²) in [4.78, 5) is 0. The first-order chi connectivity index (χ1) is 4.81. The molecule has 0 heterocycles. The van der Waals surface area contributed by atoms with Crippen LogP contribution in [0.2, 0.25) is 0 Å². The van der Waals surface area contributed by atoms with Gasteiger partial charge >= 0.3 is 0 Å². The molecule has 10 heavy (non-hydrogen) atoms. The monoisotopic (exact) mass is 143 g/mol. The summed E-state index contributed by atoms with van der Waals surface area (Å²) in [5, 5.41) is 12.2. The Morgan fingerprint density at radius 1 is 1.60 bits per heavy atom. The summed E-state index contributed by atoms with van der Waals surface area (Å²) in [5.41, 5.74) is 0. The topological polar surface area (TPSA) is 32.3 Å². The van der Waals surface area contributed by atoms with Gasteiger partial charge in [0.05, 0.1) is 6.10 Å². The summed E-state index contributed by atoms with van der Waals surface area (Å²) in [6, 6.07) is 0. The SMILES string of the molecule is CC=C[C@@H](O)CNCCC. The minimum Gasteiger partial charge on any atom is -0.388 e. The third kappa shape index (κ3) is 5.79. The Labute approximate surface area is 62.9 Å². The van der Waals surface area contributed by atoms with Crippen LogP contribution in [-0.2, 0) is 0 Å². The number of aliphatic hydroxyl groups excluding tert-OH is 1. The maximum Gasteiger partial charge on any atom is 0.0845 e. The van der Waals surface area contributed by atoms with Crippen LogP contribution in [0, 0.1) is 0 Å². The average molecular weight is 143 g/mol. The number of nitrogens with one attached hydrogen (secondary N) is 1. The molecule has 0 radical (unpaired) electrons. The zero-order valence-corrected chi connectivity index (χ0v) is 6.80. The summed E-state index contributed by atoms with van der Waals surface area (Å²) in [7, 11) is 0. The van der Waals surface area contributed by atoms with Crippen molar-refractivity contribution in [3.05, 3.63) is 12.2 Å². The summed E-state index contributed by atoms with van der Waals surface area (Å²) >= 11 is 0. The molecule has 0 spiro atoms. The number of aliphatic hydroxyl groups is 1. The Kier molecular flexibility index (Phi) is 6.55. The second-order valence-corrected chi connectivity index (χ2v) is 2.30. The molecule has 1 atom stereocenters. The molecule has 60 valence electrons. The molecule has 0 aromatic rings. The van der Waals surface area contributed by atoms with E-state index < -0.39 is 0 Å². The van der Waals surface area contributed by atoms with Gasteiger partial charge in [0, 0.05) is 6.54 Å². The molecule has 0 aliphatic rings. The van der Waals surface area contributed by atoms with Gasteiger partial charge < -0.3 is 10.4 Å². The van der Waals surface area contributed by atoms with E-state index in [1.54, 1.807) is 6.08 Å². The molecule has 0 aliphatic carbocycles. The molecule has 0 aromatic carbocycles. The van der Waals surface area contributed by atoms with Crippen molar-refractivity contribution in [1.82, 2.24) is 5.32 Å². The molecule has 0 bridgehead atoms. The van der Waals surface area contributed by atoms with Crippen molar-refractivity contribution in [2.45, 2.75) is 26.4 Å². The van der Waals surface area contributed by atoms with E-state index in [0.29, 0.717) is 6.54 Å². The third-order valence-electron chi connectivity index (χ3n) is 1.19. The van der Waals surface area contributed by atoms with Crippen LogP contribution in [0.4, 0.5) is 0 Å². The van der Waals surface area contributed by atoms with E-state index in [0.717, 1.165) is 13.0 Å². The van der Waals surface area contributed by atoms with Gasteiger partial charge in [0.1, 0.15) is 0 Å². The summed E-state index contributed by atoms with van der Waals surface area (Å²) in [6.45, 7) is 5.66. The van der Waals surface area contributed by atoms with Crippen LogP contribution >= 0.6 is 0 Å². The Balaban J connectivity index is 3.13. The zero-order valence-electron chi connectivity index (χ0n) is 6.80. The molecular weight excluding hydrogens is 126 g/mol. The van der Waals surface area contributed by atoms with E-state index in [1.165, 1.54) is 0 Å². The molecule has 0 aliphatic heterocycles. The highest BCUT2D eigenvalue weighted by molar-refractivity contribution is 4.86. The first-order valence-electron chi connectivity index (χ1n) is 3.82. The highest BCUT2D eigenvalue weighted by Crippen LogP contribution is 1.82. The quantitative estimate of drug-likeness (QED) is 0.443. The van der Waals surface area contributed by atoms with Crippen LogP contribution in [0.5, 0.6) is 0 Å². The van der Waals surface area contributed by atoms with Gasteiger partial charge in [-0.15, -0.1) is 0 Å². The minimum atomic E-state index is -0.323. The predicted molar refractivity (Wildman–Crippen MR) is 44.0 cm³/mol. The molecule has 0 unspecified atom stereocenters. The van der Waals surface area contributed by atoms with Gasteiger partial charge in [-0.2, -0.15) is 0 Å². The highest BCUT2D eigenvalue weighted by atomic mass is 16.3. The predicted octanol–water partition coefficient (Wildman–Crippen LogP) is 0.923. The lowest BCUT2D eigenvalue weighted by Crippen LogP contribution is -2.25. The lowest BCUT2D eigenvalue weighted by Gasteiger charge is -2.05. The van der Waals surface area contributed by atoms with Crippen molar-refractivity contribution >= 4 is 0 Å². The zero-order chi connectivity index (χ0) is 7.82. The van der Waals surface area contributed by atoms with Crippen molar-refractivity contribution < 1.29 is 5.11 Å². The molecule has 2 N–H and O–H groups in total. The minimum absolute atomic E-state index is 0.323. The maximum atomic E-state index is 9.13. The average Bonchev–Trinajstić information content (AvgIpc) is 1.89. The van der Waals surface area contributed by atoms with E-state index in [1.807, 2.05) is 13.0 Å². The number of hydrogen-bond acceptors (Lipinski definition) is 2. The number of hydrogen-bond donors (Lipinski definition) is 2. The lowest BCUT2D eigenvalue weighted by atomic mass is 10.3. The second-order valence-electron chi connectivity index (χ2n) is 2.30. The molecule has 0 fully saturated rings. The van der Waals surface area contributed by atoms with E-state index >= 15 is 0 Å². The van der Waals surface area contributed by atoms with Crippen molar-refractivity contribution in [2.24, 2.45) is 0 Å². The first kappa shape index (κ1) is 9.66. The largest absolute Gasteiger partial charge is 0.388 e. The molecule has 0 saturated carbocycles. The summed E-state index contributed by atoms with van der Waals surface area (Å²) < 4.78 is 0. The highest BCUT2D eigenvalue weighted by Gasteiger charge is 1.94. The second kappa shape index (κ2) is 6.78. The Morgan fingerprint density at radius 2 is 2.30 bits per heavy atom. The van der Waals surface area contributed by atoms with Crippen molar-refractivity contribution in [3.8, 4) is 0 Å². The van der Waals surface area contributed by atoms with Crippen molar-refractivity contribution in [2.75, 3.05) is 13.1 Å². The van der Waals surface area contributed by atoms with E-state index in [4.69, 9.17) is 5.11 Å². The molecule has 2 nitrogen and oxygen atoms in total. The Hall–Kier alpha value is -0.340. The van der Waals surface area contributed by atoms with Gasteiger partial charge in [0.15, 0.2) is 0 Å². The van der Waals surface area contributed by atoms with Gasteiger partial charge in [-0.05, 0) is 19.9 Å². The van der Waals surface area contributed by atoms with Crippen molar-refractivity contribution in [3.63, 3.8) is 0 Å². The molecule has 0 amide bonds. The summed E-state index contributed by atoms with van der Waals surface area (Å²) in [5.74, 6) is 0. The lowest BCUT2D eigenvalue weighted by molar-refractivity contribution is 0.219. The molecule has 0 rings (SSSR count). The van der Waals surface area contributed by atoms with Crippen LogP contribution < -0.4 is 5.32 Å². The van der Waals surface area contributed by atoms with E-state index in [2.05, 4.69) is 12.2 Å². The van der Waals surface area contributed by atoms with Crippen LogP contribution in [0.25, 0.3) is 0 Å². The smallest absolute Gasteiger partial charge is 0.0845 e. The Bertz CT molecular complexity index is 91.3. The van der Waals surface area contributed by atoms with Gasteiger partial charge in [0.2, 0.25) is 0 Å². The van der Waals surface area contributed by atoms with Crippen LogP contribution in [-0.4, -0.2) is 24.3 Å². The number of rotatable bonds is 5. The third-order valence-corrected chi connectivity index (χ3v) is 1.19. The molecule has 0 saturated heterocycles. The van der Waals surface area contributed by atoms with Gasteiger partial charge in [-0.25, -0.2) is 0 Å². The van der Waals surface area contributed by atoms with Crippen molar-refractivity contribution in [1.29, 1.82) is 0 Å². The fourth-order valence-corrected chi connectivity index (χ4v) is 0.717. The van der Waals surface area contributed by atoms with Crippen LogP contribution in [0.1, 0.15) is 20.3 Å². The van der Waals surface area contributed by atoms with Gasteiger partial charge in [-0.1, -0.05) is 19.1 Å². The summed E-state index contributed by atoms with van der Waals surface area (Å²) in [6.07, 6.45) is 4.43. The fourth-order valence-electron chi connectivity index (χ4n) is 0.717. The van der Waals surface area contributed by atoms with Crippen LogP contribution in [0.15, 0.2) is 12.2 Å². The van der Waals surface area contributed by atoms with Gasteiger partial charge in [-0.3, -0.25) is 0 Å². The molecule has 2 heteroatoms. The molecule has 0 aromatic heterocycles. The normalized spacial score (nSPS) is 14.3. The van der Waals surface area contributed by atoms with E-state index in [9.17, 15) is 0 Å². The molecular formula is C8H17NO. The maximum absolute atomic E-state index is 9.13. The van der Waals surface area contributed by atoms with E-state index in [-0.39, 0.29) is 6.10 Å². The fraction of sp³-hybridized carbons (Fsp3) is 0.750. The van der Waals surface area contributed by atoms with Crippen LogP contribution in [0.3, 0.4) is 0 Å².